The smallest absolute Gasteiger partial charge is 0.387 e. The molecule has 1 aliphatic rings. The van der Waals surface area contributed by atoms with Crippen molar-refractivity contribution in [3.63, 3.8) is 0 Å². The van der Waals surface area contributed by atoms with Crippen LogP contribution in [0.5, 0.6) is 11.5 Å². The van der Waals surface area contributed by atoms with Crippen LogP contribution in [0.1, 0.15) is 31.9 Å². The number of nitrogens with zero attached hydrogens (tertiary/aromatic N) is 3. The Bertz CT molecular complexity index is 1030. The second-order valence-electron chi connectivity index (χ2n) is 7.23. The quantitative estimate of drug-likeness (QED) is 0.477. The topological polar surface area (TPSA) is 94.5 Å². The van der Waals surface area contributed by atoms with Crippen LogP contribution in [0.25, 0.3) is 0 Å². The van der Waals surface area contributed by atoms with E-state index in [0.29, 0.717) is 16.1 Å². The minimum Gasteiger partial charge on any atom is -0.507 e. The Labute approximate surface area is 184 Å². The van der Waals surface area contributed by atoms with Crippen LogP contribution in [-0.2, 0) is 10.3 Å². The molecule has 8 nitrogen and oxygen atoms in total. The van der Waals surface area contributed by atoms with Crippen molar-refractivity contribution >= 4 is 23.8 Å². The Kier molecular flexibility index (Phi) is 6.61. The number of carbonyl (C=O) groups is 2. The number of rotatable bonds is 8. The van der Waals surface area contributed by atoms with Gasteiger partial charge in [0.25, 0.3) is 5.91 Å². The highest BCUT2D eigenvalue weighted by molar-refractivity contribution is 6.07. The van der Waals surface area contributed by atoms with Gasteiger partial charge in [-0.05, 0) is 50.6 Å². The summed E-state index contributed by atoms with van der Waals surface area (Å²) < 4.78 is 29.0. The molecular formula is C22H24F2N4O4. The van der Waals surface area contributed by atoms with Crippen LogP contribution < -0.4 is 15.0 Å². The number of ether oxygens (including phenoxy) is 1. The standard InChI is InChI=1S/C22H24F2N4O4/c1-4-27(5-2)16-9-6-14(18(29)12-16)13-25-28-19(30)22(3,26-21(28)31)15-7-10-17(11-8-15)32-20(23)24/h6-13,20,29H,4-5H2,1-3H3,(H,26,31)/b25-13-/t22-/m0/s1. The number of phenols is 1. The fourth-order valence-corrected chi connectivity index (χ4v) is 3.44. The van der Waals surface area contributed by atoms with Crippen molar-refractivity contribution < 1.29 is 28.2 Å². The van der Waals surface area contributed by atoms with Gasteiger partial charge in [0, 0.05) is 30.4 Å². The number of hydrogen-bond acceptors (Lipinski definition) is 6. The fourth-order valence-electron chi connectivity index (χ4n) is 3.44. The summed E-state index contributed by atoms with van der Waals surface area (Å²) in [7, 11) is 0. The van der Waals surface area contributed by atoms with Crippen molar-refractivity contribution in [3.8, 4) is 11.5 Å². The third kappa shape index (κ3) is 4.48. The predicted octanol–water partition coefficient (Wildman–Crippen LogP) is 3.64. The van der Waals surface area contributed by atoms with Crippen molar-refractivity contribution in [2.45, 2.75) is 32.9 Å². The van der Waals surface area contributed by atoms with Gasteiger partial charge in [-0.1, -0.05) is 12.1 Å². The molecule has 1 heterocycles. The van der Waals surface area contributed by atoms with Crippen LogP contribution in [0.2, 0.25) is 0 Å². The Morgan fingerprint density at radius 2 is 1.84 bits per heavy atom. The Hall–Kier alpha value is -3.69. The molecule has 2 N–H and O–H groups in total. The zero-order chi connectivity index (χ0) is 23.5. The first kappa shape index (κ1) is 23.0. The van der Waals surface area contributed by atoms with Crippen LogP contribution in [0, 0.1) is 0 Å². The highest BCUT2D eigenvalue weighted by Gasteiger charge is 2.49. The molecule has 3 amide bonds. The molecule has 1 saturated heterocycles. The minimum atomic E-state index is -2.97. The lowest BCUT2D eigenvalue weighted by Crippen LogP contribution is -2.40. The monoisotopic (exact) mass is 446 g/mol. The summed E-state index contributed by atoms with van der Waals surface area (Å²) in [4.78, 5) is 27.4. The summed E-state index contributed by atoms with van der Waals surface area (Å²) in [6.45, 7) is 4.08. The van der Waals surface area contributed by atoms with Gasteiger partial charge in [-0.15, -0.1) is 5.01 Å². The molecule has 1 atom stereocenters. The maximum Gasteiger partial charge on any atom is 0.387 e. The number of benzene rings is 2. The van der Waals surface area contributed by atoms with Gasteiger partial charge in [0.1, 0.15) is 17.0 Å². The Morgan fingerprint density at radius 3 is 2.41 bits per heavy atom. The second-order valence-corrected chi connectivity index (χ2v) is 7.23. The first-order chi connectivity index (χ1) is 15.2. The molecule has 2 aromatic rings. The summed E-state index contributed by atoms with van der Waals surface area (Å²) in [5.41, 5.74) is 0.114. The van der Waals surface area contributed by atoms with Gasteiger partial charge in [-0.25, -0.2) is 4.79 Å². The molecule has 1 aliphatic heterocycles. The molecule has 0 unspecified atom stereocenters. The molecule has 32 heavy (non-hydrogen) atoms. The lowest BCUT2D eigenvalue weighted by atomic mass is 9.92. The van der Waals surface area contributed by atoms with Gasteiger partial charge >= 0.3 is 12.6 Å². The molecular weight excluding hydrogens is 422 g/mol. The maximum absolute atomic E-state index is 12.9. The molecule has 0 radical (unpaired) electrons. The molecule has 2 aromatic carbocycles. The molecule has 10 heteroatoms. The number of urea groups is 1. The van der Waals surface area contributed by atoms with E-state index in [1.54, 1.807) is 12.1 Å². The maximum atomic E-state index is 12.9. The predicted molar refractivity (Wildman–Crippen MR) is 115 cm³/mol. The number of alkyl halides is 2. The van der Waals surface area contributed by atoms with Gasteiger partial charge < -0.3 is 20.1 Å². The van der Waals surface area contributed by atoms with E-state index in [2.05, 4.69) is 20.1 Å². The van der Waals surface area contributed by atoms with E-state index in [0.717, 1.165) is 18.8 Å². The summed E-state index contributed by atoms with van der Waals surface area (Å²) in [6, 6.07) is 9.70. The van der Waals surface area contributed by atoms with E-state index in [-0.39, 0.29) is 11.5 Å². The summed E-state index contributed by atoms with van der Waals surface area (Å²) >= 11 is 0. The molecule has 170 valence electrons. The Balaban J connectivity index is 1.79. The van der Waals surface area contributed by atoms with Crippen molar-refractivity contribution in [3.05, 3.63) is 53.6 Å². The number of carbonyl (C=O) groups excluding carboxylic acids is 2. The molecule has 3 rings (SSSR count). The van der Waals surface area contributed by atoms with E-state index in [4.69, 9.17) is 0 Å². The van der Waals surface area contributed by atoms with Gasteiger partial charge in [0.05, 0.1) is 6.21 Å². The summed E-state index contributed by atoms with van der Waals surface area (Å²) in [5.74, 6) is -0.759. The summed E-state index contributed by atoms with van der Waals surface area (Å²) in [5, 5.41) is 17.5. The molecule has 0 saturated carbocycles. The first-order valence-corrected chi connectivity index (χ1v) is 10.0. The van der Waals surface area contributed by atoms with Crippen molar-refractivity contribution in [2.75, 3.05) is 18.0 Å². The minimum absolute atomic E-state index is 0.0393. The first-order valence-electron chi connectivity index (χ1n) is 10.0. The van der Waals surface area contributed by atoms with Gasteiger partial charge in [-0.3, -0.25) is 4.79 Å². The van der Waals surface area contributed by atoms with E-state index in [1.807, 2.05) is 19.9 Å². The number of hydrogen-bond donors (Lipinski definition) is 2. The number of aromatic hydroxyl groups is 1. The zero-order valence-electron chi connectivity index (χ0n) is 17.9. The van der Waals surface area contributed by atoms with Crippen LogP contribution >= 0.6 is 0 Å². The lowest BCUT2D eigenvalue weighted by Gasteiger charge is -2.21. The van der Waals surface area contributed by atoms with Crippen molar-refractivity contribution in [1.82, 2.24) is 10.3 Å². The van der Waals surface area contributed by atoms with Crippen molar-refractivity contribution in [1.29, 1.82) is 0 Å². The van der Waals surface area contributed by atoms with Crippen LogP contribution in [-0.4, -0.2) is 48.0 Å². The SMILES string of the molecule is CCN(CC)c1ccc(/C=N\N2C(=O)N[C@@](C)(c3ccc(OC(F)F)cc3)C2=O)c(O)c1. The van der Waals surface area contributed by atoms with E-state index < -0.39 is 24.1 Å². The molecule has 0 bridgehead atoms. The molecule has 0 spiro atoms. The number of amides is 3. The summed E-state index contributed by atoms with van der Waals surface area (Å²) in [6.07, 6.45) is 1.23. The highest BCUT2D eigenvalue weighted by atomic mass is 19.3. The fraction of sp³-hybridized carbons (Fsp3) is 0.318. The number of halogens is 2. The molecule has 1 fully saturated rings. The average Bonchev–Trinajstić information content (AvgIpc) is 2.97. The van der Waals surface area contributed by atoms with Gasteiger partial charge in [-0.2, -0.15) is 13.9 Å². The zero-order valence-corrected chi connectivity index (χ0v) is 17.9. The van der Waals surface area contributed by atoms with Crippen LogP contribution in [0.15, 0.2) is 47.6 Å². The third-order valence-corrected chi connectivity index (χ3v) is 5.28. The number of nitrogens with one attached hydrogen (secondary N) is 1. The van der Waals surface area contributed by atoms with Crippen molar-refractivity contribution in [2.24, 2.45) is 5.10 Å². The number of imide groups is 1. The average molecular weight is 446 g/mol. The van der Waals surface area contributed by atoms with Crippen LogP contribution in [0.3, 0.4) is 0 Å². The largest absolute Gasteiger partial charge is 0.507 e. The number of hydrazone groups is 1. The normalized spacial score (nSPS) is 18.5. The van der Waals surface area contributed by atoms with E-state index in [1.165, 1.54) is 37.4 Å². The molecule has 0 aromatic heterocycles. The number of phenolic OH excluding ortho intramolecular Hbond substituents is 1. The van der Waals surface area contributed by atoms with E-state index >= 15 is 0 Å². The van der Waals surface area contributed by atoms with E-state index in [9.17, 15) is 23.5 Å². The third-order valence-electron chi connectivity index (χ3n) is 5.28. The van der Waals surface area contributed by atoms with Gasteiger partial charge in [0.15, 0.2) is 0 Å². The Morgan fingerprint density at radius 1 is 1.19 bits per heavy atom. The molecule has 0 aliphatic carbocycles. The lowest BCUT2D eigenvalue weighted by molar-refractivity contribution is -0.131. The van der Waals surface area contributed by atoms with Gasteiger partial charge in [0.2, 0.25) is 0 Å². The second kappa shape index (κ2) is 9.21. The number of anilines is 1. The highest BCUT2D eigenvalue weighted by Crippen LogP contribution is 2.31. The van der Waals surface area contributed by atoms with Crippen LogP contribution in [0.4, 0.5) is 19.3 Å².